The van der Waals surface area contributed by atoms with Crippen molar-refractivity contribution in [3.63, 3.8) is 0 Å². The summed E-state index contributed by atoms with van der Waals surface area (Å²) in [5, 5.41) is 3.36. The van der Waals surface area contributed by atoms with Gasteiger partial charge in [0.2, 0.25) is 0 Å². The van der Waals surface area contributed by atoms with Crippen LogP contribution in [0.15, 0.2) is 18.5 Å². The summed E-state index contributed by atoms with van der Waals surface area (Å²) in [5.74, 6) is 0.787. The average Bonchev–Trinajstić information content (AvgIpc) is 2.47. The lowest BCUT2D eigenvalue weighted by Gasteiger charge is -2.32. The van der Waals surface area contributed by atoms with E-state index in [0.29, 0.717) is 6.04 Å². The number of aromatic amines is 1. The van der Waals surface area contributed by atoms with Crippen LogP contribution >= 0.6 is 0 Å². The molecule has 0 spiro atoms. The molecule has 0 saturated heterocycles. The number of rotatable bonds is 3. The van der Waals surface area contributed by atoms with Gasteiger partial charge < -0.3 is 16.0 Å². The molecule has 0 atom stereocenters. The maximum atomic E-state index is 5.68. The summed E-state index contributed by atoms with van der Waals surface area (Å²) in [6, 6.07) is 2.50. The van der Waals surface area contributed by atoms with Crippen molar-refractivity contribution < 1.29 is 0 Å². The minimum atomic E-state index is 0.461. The van der Waals surface area contributed by atoms with Crippen molar-refractivity contribution in [2.75, 3.05) is 11.9 Å². The molecule has 1 fully saturated rings. The van der Waals surface area contributed by atoms with E-state index in [9.17, 15) is 0 Å². The Labute approximate surface area is 72.3 Å². The van der Waals surface area contributed by atoms with E-state index in [1.807, 2.05) is 18.5 Å². The molecule has 0 unspecified atom stereocenters. The van der Waals surface area contributed by atoms with Gasteiger partial charge in [-0.3, -0.25) is 0 Å². The first kappa shape index (κ1) is 7.68. The normalized spacial score (nSPS) is 28.1. The maximum Gasteiger partial charge on any atom is 0.0517 e. The van der Waals surface area contributed by atoms with Gasteiger partial charge in [-0.25, -0.2) is 0 Å². The minimum absolute atomic E-state index is 0.461. The predicted molar refractivity (Wildman–Crippen MR) is 50.0 cm³/mol. The molecule has 1 saturated carbocycles. The maximum absolute atomic E-state index is 5.68. The van der Waals surface area contributed by atoms with Gasteiger partial charge in [0.25, 0.3) is 0 Å². The van der Waals surface area contributed by atoms with Crippen molar-refractivity contribution in [3.05, 3.63) is 18.5 Å². The van der Waals surface area contributed by atoms with Crippen molar-refractivity contribution in [2.45, 2.75) is 18.9 Å². The van der Waals surface area contributed by atoms with E-state index in [-0.39, 0.29) is 0 Å². The smallest absolute Gasteiger partial charge is 0.0517 e. The fraction of sp³-hybridized carbons (Fsp3) is 0.556. The molecule has 3 nitrogen and oxygen atoms in total. The van der Waals surface area contributed by atoms with E-state index in [2.05, 4.69) is 10.3 Å². The van der Waals surface area contributed by atoms with Crippen LogP contribution in [0.4, 0.5) is 5.69 Å². The molecule has 1 aromatic rings. The van der Waals surface area contributed by atoms with E-state index in [0.717, 1.165) is 12.5 Å². The summed E-state index contributed by atoms with van der Waals surface area (Å²) < 4.78 is 0. The van der Waals surface area contributed by atoms with Gasteiger partial charge in [0, 0.05) is 25.0 Å². The van der Waals surface area contributed by atoms with Crippen molar-refractivity contribution in [1.29, 1.82) is 0 Å². The lowest BCUT2D eigenvalue weighted by Crippen LogP contribution is -2.39. The quantitative estimate of drug-likeness (QED) is 0.629. The fourth-order valence-electron chi connectivity index (χ4n) is 1.65. The molecule has 0 aromatic carbocycles. The summed E-state index contributed by atoms with van der Waals surface area (Å²) >= 11 is 0. The Kier molecular flexibility index (Phi) is 2.04. The van der Waals surface area contributed by atoms with Crippen molar-refractivity contribution in [3.8, 4) is 0 Å². The zero-order chi connectivity index (χ0) is 8.39. The molecule has 1 aromatic heterocycles. The third kappa shape index (κ3) is 1.61. The fourth-order valence-corrected chi connectivity index (χ4v) is 1.65. The Morgan fingerprint density at radius 1 is 1.58 bits per heavy atom. The summed E-state index contributed by atoms with van der Waals surface area (Å²) in [7, 11) is 0. The van der Waals surface area contributed by atoms with Crippen LogP contribution in [0.25, 0.3) is 0 Å². The molecule has 0 amide bonds. The zero-order valence-electron chi connectivity index (χ0n) is 7.09. The number of hydrogen-bond donors (Lipinski definition) is 3. The number of hydrogen-bond acceptors (Lipinski definition) is 2. The first-order valence-corrected chi connectivity index (χ1v) is 4.47. The Balaban J connectivity index is 1.70. The highest BCUT2D eigenvalue weighted by Crippen LogP contribution is 2.25. The van der Waals surface area contributed by atoms with Gasteiger partial charge in [0.05, 0.1) is 5.69 Å². The highest BCUT2D eigenvalue weighted by Gasteiger charge is 2.25. The molecule has 4 N–H and O–H groups in total. The first-order valence-electron chi connectivity index (χ1n) is 4.47. The number of nitrogens with one attached hydrogen (secondary N) is 2. The van der Waals surface area contributed by atoms with Crippen molar-refractivity contribution in [1.82, 2.24) is 4.98 Å². The lowest BCUT2D eigenvalue weighted by atomic mass is 9.81. The van der Waals surface area contributed by atoms with Crippen LogP contribution in [0.3, 0.4) is 0 Å². The summed E-state index contributed by atoms with van der Waals surface area (Å²) in [6.45, 7) is 1.06. The molecule has 3 heteroatoms. The molecule has 1 aliphatic carbocycles. The summed E-state index contributed by atoms with van der Waals surface area (Å²) in [5.41, 5.74) is 6.86. The van der Waals surface area contributed by atoms with Gasteiger partial charge in [-0.15, -0.1) is 0 Å². The second-order valence-corrected chi connectivity index (χ2v) is 3.58. The Morgan fingerprint density at radius 3 is 3.00 bits per heavy atom. The first-order chi connectivity index (χ1) is 5.84. The van der Waals surface area contributed by atoms with Crippen molar-refractivity contribution >= 4 is 5.69 Å². The molecular weight excluding hydrogens is 150 g/mol. The average molecular weight is 165 g/mol. The van der Waals surface area contributed by atoms with E-state index >= 15 is 0 Å². The van der Waals surface area contributed by atoms with Crippen LogP contribution in [-0.4, -0.2) is 17.6 Å². The van der Waals surface area contributed by atoms with E-state index in [4.69, 9.17) is 5.73 Å². The molecule has 12 heavy (non-hydrogen) atoms. The van der Waals surface area contributed by atoms with Gasteiger partial charge in [-0.2, -0.15) is 0 Å². The highest BCUT2D eigenvalue weighted by atomic mass is 14.9. The molecule has 0 bridgehead atoms. The summed E-state index contributed by atoms with van der Waals surface area (Å²) in [6.07, 6.45) is 6.25. The third-order valence-electron chi connectivity index (χ3n) is 2.46. The van der Waals surface area contributed by atoms with Gasteiger partial charge in [-0.1, -0.05) is 0 Å². The monoisotopic (exact) mass is 165 g/mol. The Morgan fingerprint density at radius 2 is 2.42 bits per heavy atom. The molecule has 66 valence electrons. The Hall–Kier alpha value is -0.960. The number of nitrogens with two attached hydrogens (primary N) is 1. The lowest BCUT2D eigenvalue weighted by molar-refractivity contribution is 0.280. The summed E-state index contributed by atoms with van der Waals surface area (Å²) in [4.78, 5) is 3.01. The predicted octanol–water partition coefficient (Wildman–Crippen LogP) is 1.16. The van der Waals surface area contributed by atoms with Crippen LogP contribution < -0.4 is 11.1 Å². The van der Waals surface area contributed by atoms with Crippen LogP contribution in [0.5, 0.6) is 0 Å². The zero-order valence-corrected chi connectivity index (χ0v) is 7.09. The molecular formula is C9H15N3. The Bertz CT molecular complexity index is 224. The highest BCUT2D eigenvalue weighted by molar-refractivity contribution is 5.40. The van der Waals surface area contributed by atoms with Gasteiger partial charge in [0.1, 0.15) is 0 Å². The molecule has 1 heterocycles. The third-order valence-corrected chi connectivity index (χ3v) is 2.46. The van der Waals surface area contributed by atoms with Crippen LogP contribution in [0.1, 0.15) is 12.8 Å². The standard InChI is InChI=1S/C9H15N3/c10-8-3-7(4-8)5-12-9-1-2-11-6-9/h1-2,6-8,11-12H,3-5,10H2. The van der Waals surface area contributed by atoms with Gasteiger partial charge in [0.15, 0.2) is 0 Å². The molecule has 0 radical (unpaired) electrons. The minimum Gasteiger partial charge on any atom is -0.384 e. The van der Waals surface area contributed by atoms with Crippen molar-refractivity contribution in [2.24, 2.45) is 11.7 Å². The largest absolute Gasteiger partial charge is 0.384 e. The molecule has 0 aliphatic heterocycles. The van der Waals surface area contributed by atoms with Gasteiger partial charge in [-0.05, 0) is 24.8 Å². The van der Waals surface area contributed by atoms with E-state index < -0.39 is 0 Å². The molecule has 1 aliphatic rings. The SMILES string of the molecule is NC1CC(CNc2cc[nH]c2)C1. The van der Waals surface area contributed by atoms with E-state index in [1.54, 1.807) is 0 Å². The molecule has 2 rings (SSSR count). The second kappa shape index (κ2) is 3.19. The van der Waals surface area contributed by atoms with Crippen LogP contribution in [-0.2, 0) is 0 Å². The van der Waals surface area contributed by atoms with E-state index in [1.165, 1.54) is 18.5 Å². The van der Waals surface area contributed by atoms with Crippen LogP contribution in [0, 0.1) is 5.92 Å². The number of aromatic nitrogens is 1. The number of anilines is 1. The topological polar surface area (TPSA) is 53.8 Å². The number of H-pyrrole nitrogens is 1. The van der Waals surface area contributed by atoms with Crippen LogP contribution in [0.2, 0.25) is 0 Å². The second-order valence-electron chi connectivity index (χ2n) is 3.58. The van der Waals surface area contributed by atoms with Gasteiger partial charge >= 0.3 is 0 Å².